The summed E-state index contributed by atoms with van der Waals surface area (Å²) in [5.41, 5.74) is 0.722. The van der Waals surface area contributed by atoms with E-state index in [2.05, 4.69) is 5.32 Å². The van der Waals surface area contributed by atoms with E-state index in [9.17, 15) is 4.79 Å². The fraction of sp³-hybridized carbons (Fsp3) is 0.417. The van der Waals surface area contributed by atoms with Crippen molar-refractivity contribution in [2.45, 2.75) is 6.92 Å². The second-order valence-electron chi connectivity index (χ2n) is 3.65. The third kappa shape index (κ3) is 5.17. The van der Waals surface area contributed by atoms with Crippen molar-refractivity contribution in [1.82, 2.24) is 4.90 Å². The van der Waals surface area contributed by atoms with E-state index in [1.54, 1.807) is 24.3 Å². The average Bonchev–Trinajstić information content (AvgIpc) is 2.31. The number of nitrogens with zero attached hydrogens (tertiary/aromatic N) is 1. The van der Waals surface area contributed by atoms with Gasteiger partial charge < -0.3 is 10.4 Å². The number of aliphatic hydroxyl groups is 1. The molecule has 0 fully saturated rings. The first-order chi connectivity index (χ1) is 8.15. The summed E-state index contributed by atoms with van der Waals surface area (Å²) < 4.78 is 0. The van der Waals surface area contributed by atoms with Gasteiger partial charge in [-0.25, -0.2) is 0 Å². The van der Waals surface area contributed by atoms with Crippen LogP contribution in [0.25, 0.3) is 0 Å². The molecule has 0 unspecified atom stereocenters. The Balaban J connectivity index is 2.46. The Bertz CT molecular complexity index is 354. The van der Waals surface area contributed by atoms with Crippen LogP contribution in [0, 0.1) is 0 Å². The van der Waals surface area contributed by atoms with E-state index in [0.717, 1.165) is 12.2 Å². The number of rotatable bonds is 6. The Hall–Kier alpha value is -1.10. The molecular weight excluding hydrogens is 240 g/mol. The molecule has 4 nitrogen and oxygen atoms in total. The number of nitrogens with one attached hydrogen (secondary N) is 1. The summed E-state index contributed by atoms with van der Waals surface area (Å²) in [6.45, 7) is 3.52. The molecule has 1 rings (SSSR count). The van der Waals surface area contributed by atoms with E-state index in [1.807, 2.05) is 11.8 Å². The number of aliphatic hydroxyl groups excluding tert-OH is 1. The van der Waals surface area contributed by atoms with E-state index in [0.29, 0.717) is 11.6 Å². The van der Waals surface area contributed by atoms with Crippen LogP contribution in [0.5, 0.6) is 0 Å². The number of hydrogen-bond acceptors (Lipinski definition) is 3. The molecular formula is C12H17ClN2O2. The quantitative estimate of drug-likeness (QED) is 0.813. The molecule has 2 N–H and O–H groups in total. The van der Waals surface area contributed by atoms with E-state index in [-0.39, 0.29) is 19.1 Å². The van der Waals surface area contributed by atoms with Gasteiger partial charge in [-0.15, -0.1) is 0 Å². The minimum atomic E-state index is -0.0948. The van der Waals surface area contributed by atoms with Crippen LogP contribution in [-0.2, 0) is 4.79 Å². The van der Waals surface area contributed by atoms with Gasteiger partial charge in [0.05, 0.1) is 13.2 Å². The van der Waals surface area contributed by atoms with Crippen LogP contribution in [0.3, 0.4) is 0 Å². The molecule has 0 heterocycles. The SMILES string of the molecule is CCN(CCO)CC(=O)Nc1ccc(Cl)cc1. The molecule has 0 aliphatic rings. The molecule has 0 aliphatic carbocycles. The summed E-state index contributed by atoms with van der Waals surface area (Å²) in [6.07, 6.45) is 0. The Morgan fingerprint density at radius 1 is 1.41 bits per heavy atom. The van der Waals surface area contributed by atoms with Crippen molar-refractivity contribution in [2.24, 2.45) is 0 Å². The fourth-order valence-electron chi connectivity index (χ4n) is 1.43. The van der Waals surface area contributed by atoms with Crippen molar-refractivity contribution >= 4 is 23.2 Å². The highest BCUT2D eigenvalue weighted by atomic mass is 35.5. The lowest BCUT2D eigenvalue weighted by Crippen LogP contribution is -2.35. The molecule has 0 atom stereocenters. The van der Waals surface area contributed by atoms with Crippen LogP contribution >= 0.6 is 11.6 Å². The lowest BCUT2D eigenvalue weighted by atomic mass is 10.3. The molecule has 1 amide bonds. The number of likely N-dealkylation sites (N-methyl/N-ethyl adjacent to an activating group) is 1. The summed E-state index contributed by atoms with van der Waals surface area (Å²) in [6, 6.07) is 6.95. The number of carbonyl (C=O) groups is 1. The number of amides is 1. The van der Waals surface area contributed by atoms with Gasteiger partial charge in [-0.2, -0.15) is 0 Å². The van der Waals surface area contributed by atoms with Crippen molar-refractivity contribution in [2.75, 3.05) is 31.6 Å². The zero-order valence-electron chi connectivity index (χ0n) is 9.82. The molecule has 1 aromatic rings. The van der Waals surface area contributed by atoms with E-state index in [1.165, 1.54) is 0 Å². The second-order valence-corrected chi connectivity index (χ2v) is 4.08. The van der Waals surface area contributed by atoms with Gasteiger partial charge >= 0.3 is 0 Å². The first kappa shape index (κ1) is 14.0. The van der Waals surface area contributed by atoms with Crippen molar-refractivity contribution in [3.63, 3.8) is 0 Å². The van der Waals surface area contributed by atoms with Gasteiger partial charge in [-0.05, 0) is 30.8 Å². The van der Waals surface area contributed by atoms with Crippen LogP contribution in [0.1, 0.15) is 6.92 Å². The van der Waals surface area contributed by atoms with E-state index < -0.39 is 0 Å². The summed E-state index contributed by atoms with van der Waals surface area (Å²) in [5.74, 6) is -0.0948. The first-order valence-corrected chi connectivity index (χ1v) is 5.92. The highest BCUT2D eigenvalue weighted by molar-refractivity contribution is 6.30. The molecule has 17 heavy (non-hydrogen) atoms. The third-order valence-electron chi connectivity index (χ3n) is 2.36. The molecule has 5 heteroatoms. The van der Waals surface area contributed by atoms with Crippen LogP contribution in [0.4, 0.5) is 5.69 Å². The maximum absolute atomic E-state index is 11.7. The molecule has 0 spiro atoms. The molecule has 0 bridgehead atoms. The van der Waals surface area contributed by atoms with Crippen LogP contribution < -0.4 is 5.32 Å². The maximum atomic E-state index is 11.7. The van der Waals surface area contributed by atoms with Gasteiger partial charge in [0, 0.05) is 17.3 Å². The van der Waals surface area contributed by atoms with Crippen molar-refractivity contribution in [1.29, 1.82) is 0 Å². The highest BCUT2D eigenvalue weighted by Gasteiger charge is 2.08. The van der Waals surface area contributed by atoms with Gasteiger partial charge in [0.2, 0.25) is 5.91 Å². The molecule has 0 aromatic heterocycles. The molecule has 0 aliphatic heterocycles. The minimum absolute atomic E-state index is 0.0576. The Labute approximate surface area is 106 Å². The summed E-state index contributed by atoms with van der Waals surface area (Å²) >= 11 is 5.75. The van der Waals surface area contributed by atoms with E-state index in [4.69, 9.17) is 16.7 Å². The molecule has 94 valence electrons. The second kappa shape index (κ2) is 7.27. The molecule has 0 saturated carbocycles. The van der Waals surface area contributed by atoms with Crippen molar-refractivity contribution in [3.05, 3.63) is 29.3 Å². The van der Waals surface area contributed by atoms with Crippen LogP contribution in [0.15, 0.2) is 24.3 Å². The zero-order valence-corrected chi connectivity index (χ0v) is 10.6. The normalized spacial score (nSPS) is 10.6. The van der Waals surface area contributed by atoms with Gasteiger partial charge in [0.15, 0.2) is 0 Å². The van der Waals surface area contributed by atoms with Gasteiger partial charge in [-0.1, -0.05) is 18.5 Å². The minimum Gasteiger partial charge on any atom is -0.395 e. The Morgan fingerprint density at radius 2 is 2.06 bits per heavy atom. The molecule has 0 radical (unpaired) electrons. The number of benzene rings is 1. The summed E-state index contributed by atoms with van der Waals surface area (Å²) in [4.78, 5) is 13.5. The fourth-order valence-corrected chi connectivity index (χ4v) is 1.55. The summed E-state index contributed by atoms with van der Waals surface area (Å²) in [7, 11) is 0. The Morgan fingerprint density at radius 3 is 2.59 bits per heavy atom. The number of carbonyl (C=O) groups excluding carboxylic acids is 1. The van der Waals surface area contributed by atoms with Crippen LogP contribution in [-0.4, -0.2) is 42.2 Å². The average molecular weight is 257 g/mol. The molecule has 1 aromatic carbocycles. The van der Waals surface area contributed by atoms with Crippen molar-refractivity contribution < 1.29 is 9.90 Å². The summed E-state index contributed by atoms with van der Waals surface area (Å²) in [5, 5.41) is 12.2. The number of hydrogen-bond donors (Lipinski definition) is 2. The van der Waals surface area contributed by atoms with Gasteiger partial charge in [-0.3, -0.25) is 9.69 Å². The van der Waals surface area contributed by atoms with Crippen molar-refractivity contribution in [3.8, 4) is 0 Å². The van der Waals surface area contributed by atoms with Gasteiger partial charge in [0.25, 0.3) is 0 Å². The topological polar surface area (TPSA) is 52.6 Å². The van der Waals surface area contributed by atoms with Gasteiger partial charge in [0.1, 0.15) is 0 Å². The number of halogens is 1. The zero-order chi connectivity index (χ0) is 12.7. The lowest BCUT2D eigenvalue weighted by Gasteiger charge is -2.18. The van der Waals surface area contributed by atoms with Crippen LogP contribution in [0.2, 0.25) is 5.02 Å². The monoisotopic (exact) mass is 256 g/mol. The number of anilines is 1. The van der Waals surface area contributed by atoms with E-state index >= 15 is 0 Å². The third-order valence-corrected chi connectivity index (χ3v) is 2.61. The predicted octanol–water partition coefficient (Wildman–Crippen LogP) is 1.59. The predicted molar refractivity (Wildman–Crippen MR) is 69.3 cm³/mol. The first-order valence-electron chi connectivity index (χ1n) is 5.54. The largest absolute Gasteiger partial charge is 0.395 e. The highest BCUT2D eigenvalue weighted by Crippen LogP contribution is 2.13. The Kier molecular flexibility index (Phi) is 5.97. The smallest absolute Gasteiger partial charge is 0.238 e. The standard InChI is InChI=1S/C12H17ClN2O2/c1-2-15(7-8-16)9-12(17)14-11-5-3-10(13)4-6-11/h3-6,16H,2,7-9H2,1H3,(H,14,17). The maximum Gasteiger partial charge on any atom is 0.238 e. The molecule has 0 saturated heterocycles. The lowest BCUT2D eigenvalue weighted by molar-refractivity contribution is -0.117.